The van der Waals surface area contributed by atoms with Gasteiger partial charge in [-0.25, -0.2) is 9.59 Å². The molecule has 2 aromatic carbocycles. The highest BCUT2D eigenvalue weighted by molar-refractivity contribution is 7.80. The number of thiophene rings is 1. The minimum absolute atomic E-state index is 0.00535. The van der Waals surface area contributed by atoms with Crippen molar-refractivity contribution in [3.63, 3.8) is 0 Å². The van der Waals surface area contributed by atoms with Crippen molar-refractivity contribution in [2.24, 2.45) is 0 Å². The van der Waals surface area contributed by atoms with E-state index in [9.17, 15) is 23.1 Å². The minimum Gasteiger partial charge on any atom is -0.493 e. The highest BCUT2D eigenvalue weighted by Crippen LogP contribution is 2.50. The van der Waals surface area contributed by atoms with Crippen LogP contribution in [0.1, 0.15) is 46.5 Å². The molecule has 9 nitrogen and oxygen atoms in total. The molecule has 2 fully saturated rings. The Morgan fingerprint density at radius 3 is 2.38 bits per heavy atom. The van der Waals surface area contributed by atoms with Gasteiger partial charge in [0.1, 0.15) is 4.88 Å². The number of carboxylic acids is 2. The fourth-order valence-electron chi connectivity index (χ4n) is 6.18. The van der Waals surface area contributed by atoms with Gasteiger partial charge in [0.25, 0.3) is 0 Å². The van der Waals surface area contributed by atoms with Gasteiger partial charge in [-0.15, -0.1) is 11.3 Å². The third kappa shape index (κ3) is 8.05. The summed E-state index contributed by atoms with van der Waals surface area (Å²) >= 11 is 6.80. The van der Waals surface area contributed by atoms with Gasteiger partial charge < -0.3 is 30.3 Å². The Bertz CT molecular complexity index is 1500. The van der Waals surface area contributed by atoms with Crippen LogP contribution in [0.3, 0.4) is 0 Å². The quantitative estimate of drug-likeness (QED) is 0.209. The first-order valence-electron chi connectivity index (χ1n) is 14.1. The first kappa shape index (κ1) is 34.0. The number of aliphatic carboxylic acids is 1. The van der Waals surface area contributed by atoms with Crippen molar-refractivity contribution in [2.75, 3.05) is 26.1 Å². The fourth-order valence-corrected chi connectivity index (χ4v) is 7.15. The van der Waals surface area contributed by atoms with Gasteiger partial charge >= 0.3 is 18.1 Å². The number of nitrogens with one attached hydrogen (secondary N) is 2. The average molecular weight is 666 g/mol. The molecule has 5 rings (SSSR count). The summed E-state index contributed by atoms with van der Waals surface area (Å²) in [6.45, 7) is 1.91. The number of ether oxygens (including phenoxy) is 2. The van der Waals surface area contributed by atoms with E-state index >= 15 is 0 Å². The molecule has 0 bridgehead atoms. The molecule has 2 heterocycles. The van der Waals surface area contributed by atoms with Crippen molar-refractivity contribution >= 4 is 46.3 Å². The van der Waals surface area contributed by atoms with E-state index in [1.807, 2.05) is 6.07 Å². The fraction of sp³-hybridized carbons (Fsp3) is 0.387. The maximum Gasteiger partial charge on any atom is 0.490 e. The van der Waals surface area contributed by atoms with E-state index < -0.39 is 18.1 Å². The second-order valence-corrected chi connectivity index (χ2v) is 12.1. The predicted molar refractivity (Wildman–Crippen MR) is 168 cm³/mol. The zero-order valence-electron chi connectivity index (χ0n) is 24.6. The molecular weight excluding hydrogens is 631 g/mol. The summed E-state index contributed by atoms with van der Waals surface area (Å²) in [5.41, 5.74) is 3.13. The average Bonchev–Trinajstić information content (AvgIpc) is 3.62. The molecule has 242 valence electrons. The molecule has 1 aromatic heterocycles. The lowest BCUT2D eigenvalue weighted by Gasteiger charge is -2.46. The molecule has 0 spiro atoms. The molecule has 4 N–H and O–H groups in total. The van der Waals surface area contributed by atoms with Crippen molar-refractivity contribution in [1.29, 1.82) is 0 Å². The van der Waals surface area contributed by atoms with E-state index in [1.54, 1.807) is 25.7 Å². The van der Waals surface area contributed by atoms with Gasteiger partial charge in [0.2, 0.25) is 0 Å². The van der Waals surface area contributed by atoms with Gasteiger partial charge in [0.05, 0.1) is 19.9 Å². The van der Waals surface area contributed by atoms with Crippen LogP contribution < -0.4 is 20.1 Å². The third-order valence-electron chi connectivity index (χ3n) is 8.24. The molecule has 0 amide bonds. The summed E-state index contributed by atoms with van der Waals surface area (Å²) in [5, 5.41) is 25.4. The lowest BCUT2D eigenvalue weighted by Crippen LogP contribution is -2.52. The normalized spacial score (nSPS) is 21.1. The predicted octanol–water partition coefficient (Wildman–Crippen LogP) is 6.15. The zero-order chi connectivity index (χ0) is 32.8. The summed E-state index contributed by atoms with van der Waals surface area (Å²) in [6, 6.07) is 19.2. The first-order chi connectivity index (χ1) is 21.4. The van der Waals surface area contributed by atoms with E-state index in [0.29, 0.717) is 16.8 Å². The number of hydrogen-bond acceptors (Lipinski definition) is 7. The van der Waals surface area contributed by atoms with Gasteiger partial charge in [-0.1, -0.05) is 36.4 Å². The number of fused-ring (bicyclic) bond motifs is 1. The molecule has 1 saturated heterocycles. The van der Waals surface area contributed by atoms with Crippen molar-refractivity contribution < 1.29 is 42.4 Å². The summed E-state index contributed by atoms with van der Waals surface area (Å²) in [6.07, 6.45) is -1.11. The third-order valence-corrected chi connectivity index (χ3v) is 9.37. The topological polar surface area (TPSA) is 120 Å². The van der Waals surface area contributed by atoms with Crippen molar-refractivity contribution in [3.8, 4) is 11.5 Å². The summed E-state index contributed by atoms with van der Waals surface area (Å²) in [7, 11) is 3.35. The number of rotatable bonds is 8. The Labute approximate surface area is 268 Å². The van der Waals surface area contributed by atoms with E-state index in [2.05, 4.69) is 58.0 Å². The zero-order valence-corrected chi connectivity index (χ0v) is 26.2. The molecule has 1 aliphatic carbocycles. The lowest BCUT2D eigenvalue weighted by atomic mass is 9.65. The maximum atomic E-state index is 11.5. The second-order valence-electron chi connectivity index (χ2n) is 10.8. The van der Waals surface area contributed by atoms with Crippen LogP contribution in [0, 0.1) is 0 Å². The molecule has 14 heteroatoms. The van der Waals surface area contributed by atoms with Crippen LogP contribution in [0.4, 0.5) is 18.9 Å². The van der Waals surface area contributed by atoms with Gasteiger partial charge in [-0.2, -0.15) is 13.2 Å². The van der Waals surface area contributed by atoms with E-state index in [-0.39, 0.29) is 16.3 Å². The largest absolute Gasteiger partial charge is 0.493 e. The van der Waals surface area contributed by atoms with Crippen LogP contribution in [0.15, 0.2) is 60.0 Å². The molecule has 0 radical (unpaired) electrons. The standard InChI is InChI=1S/C29H33N3O4S2.C2HF3O2/c1-35-23-9-8-20(16-24(23)36-2)29-12-10-21(30-28(37)31-22-11-15-38-26(22)27(33)34)17-25(29)32(14-13-29)18-19-6-4-3-5-7-19;3-2(4,5)1(6)7/h3-9,11,15-16,21,25H,10,12-14,17-18H2,1-2H3,(H,33,34)(H2,30,31,37);(H,6,7). The number of aromatic carboxylic acids is 1. The van der Waals surface area contributed by atoms with Gasteiger partial charge in [0, 0.05) is 24.0 Å². The highest BCUT2D eigenvalue weighted by atomic mass is 32.1. The van der Waals surface area contributed by atoms with Gasteiger partial charge in [-0.3, -0.25) is 4.90 Å². The molecule has 1 saturated carbocycles. The number of benzene rings is 2. The smallest absolute Gasteiger partial charge is 0.490 e. The van der Waals surface area contributed by atoms with Crippen LogP contribution >= 0.6 is 23.6 Å². The number of carboxylic acid groups (broad SMARTS) is 2. The molecule has 3 unspecified atom stereocenters. The van der Waals surface area contributed by atoms with Crippen molar-refractivity contribution in [3.05, 3.63) is 76.0 Å². The molecule has 2 aliphatic rings. The highest BCUT2D eigenvalue weighted by Gasteiger charge is 2.51. The number of nitrogens with zero attached hydrogens (tertiary/aromatic N) is 1. The van der Waals surface area contributed by atoms with E-state index in [1.165, 1.54) is 22.5 Å². The van der Waals surface area contributed by atoms with E-state index in [0.717, 1.165) is 50.3 Å². The number of hydrogen-bond donors (Lipinski definition) is 4. The van der Waals surface area contributed by atoms with Crippen LogP contribution in [-0.4, -0.2) is 71.2 Å². The van der Waals surface area contributed by atoms with Crippen molar-refractivity contribution in [1.82, 2.24) is 10.2 Å². The number of anilines is 1. The minimum atomic E-state index is -5.08. The lowest BCUT2D eigenvalue weighted by molar-refractivity contribution is -0.192. The Kier molecular flexibility index (Phi) is 10.9. The van der Waals surface area contributed by atoms with Crippen LogP contribution in [0.25, 0.3) is 0 Å². The Morgan fingerprint density at radius 1 is 1.07 bits per heavy atom. The second kappa shape index (κ2) is 14.5. The maximum absolute atomic E-state index is 11.5. The van der Waals surface area contributed by atoms with E-state index in [4.69, 9.17) is 31.6 Å². The summed E-state index contributed by atoms with van der Waals surface area (Å²) in [4.78, 5) is 23.3. The van der Waals surface area contributed by atoms with Crippen LogP contribution in [0.2, 0.25) is 0 Å². The Balaban J connectivity index is 0.000000591. The SMILES string of the molecule is COc1ccc(C23CCC(NC(=S)Nc4ccsc4C(=O)O)CC2N(Cc2ccccc2)CC3)cc1OC.O=C(O)C(F)(F)F. The molecule has 3 atom stereocenters. The number of alkyl halides is 3. The monoisotopic (exact) mass is 665 g/mol. The number of likely N-dealkylation sites (tertiary alicyclic amines) is 1. The number of halogens is 3. The molecule has 45 heavy (non-hydrogen) atoms. The Morgan fingerprint density at radius 2 is 1.76 bits per heavy atom. The number of carbonyl (C=O) groups is 2. The molecular formula is C31H34F3N3O6S2. The van der Waals surface area contributed by atoms with Gasteiger partial charge in [-0.05, 0) is 79.2 Å². The Hall–Kier alpha value is -3.88. The van der Waals surface area contributed by atoms with Gasteiger partial charge in [0.15, 0.2) is 16.6 Å². The summed E-state index contributed by atoms with van der Waals surface area (Å²) in [5.74, 6) is -2.21. The van der Waals surface area contributed by atoms with Crippen LogP contribution in [-0.2, 0) is 16.8 Å². The summed E-state index contributed by atoms with van der Waals surface area (Å²) < 4.78 is 42.9. The first-order valence-corrected chi connectivity index (χ1v) is 15.4. The number of thiocarbonyl (C=S) groups is 1. The molecule has 1 aliphatic heterocycles. The number of methoxy groups -OCH3 is 2. The van der Waals surface area contributed by atoms with Crippen LogP contribution in [0.5, 0.6) is 11.5 Å². The van der Waals surface area contributed by atoms with Crippen molar-refractivity contribution in [2.45, 2.75) is 55.9 Å². The molecule has 3 aromatic rings.